The van der Waals surface area contributed by atoms with Gasteiger partial charge in [-0.1, -0.05) is 30.3 Å². The summed E-state index contributed by atoms with van der Waals surface area (Å²) < 4.78 is 6.11. The van der Waals surface area contributed by atoms with Crippen molar-refractivity contribution in [2.75, 3.05) is 18.0 Å². The fourth-order valence-corrected chi connectivity index (χ4v) is 4.63. The van der Waals surface area contributed by atoms with Crippen LogP contribution in [0.3, 0.4) is 0 Å². The van der Waals surface area contributed by atoms with Crippen molar-refractivity contribution >= 4 is 17.9 Å². The van der Waals surface area contributed by atoms with Gasteiger partial charge >= 0.3 is 0 Å². The molecule has 0 saturated carbocycles. The van der Waals surface area contributed by atoms with Gasteiger partial charge in [0.2, 0.25) is 0 Å². The van der Waals surface area contributed by atoms with Gasteiger partial charge < -0.3 is 14.5 Å². The molecule has 0 radical (unpaired) electrons. The normalized spacial score (nSPS) is 24.6. The van der Waals surface area contributed by atoms with Crippen LogP contribution in [0.15, 0.2) is 53.5 Å². The molecule has 2 aromatic rings. The van der Waals surface area contributed by atoms with Gasteiger partial charge in [-0.05, 0) is 44.0 Å². The van der Waals surface area contributed by atoms with E-state index in [1.807, 2.05) is 41.6 Å². The number of likely N-dealkylation sites (tertiary alicyclic amines) is 1. The molecule has 5 nitrogen and oxygen atoms in total. The van der Waals surface area contributed by atoms with Crippen molar-refractivity contribution in [2.45, 2.75) is 44.4 Å². The molecular formula is C23H25N3O2. The average molecular weight is 375 g/mol. The minimum absolute atomic E-state index is 0.0568. The Kier molecular flexibility index (Phi) is 3.93. The molecule has 3 aliphatic heterocycles. The highest BCUT2D eigenvalue weighted by molar-refractivity contribution is 5.98. The molecule has 28 heavy (non-hydrogen) atoms. The average Bonchev–Trinajstić information content (AvgIpc) is 3.26. The Bertz CT molecular complexity index is 938. The number of aliphatic imine (C=N–C) groups is 1. The first-order valence-corrected chi connectivity index (χ1v) is 9.99. The first-order valence-electron chi connectivity index (χ1n) is 9.99. The Morgan fingerprint density at radius 3 is 2.79 bits per heavy atom. The fraction of sp³-hybridized carbons (Fsp3) is 0.391. The fourth-order valence-electron chi connectivity index (χ4n) is 4.63. The van der Waals surface area contributed by atoms with Gasteiger partial charge in [-0.2, -0.15) is 0 Å². The van der Waals surface area contributed by atoms with E-state index in [1.54, 1.807) is 0 Å². The second kappa shape index (κ2) is 6.36. The third-order valence-electron chi connectivity index (χ3n) is 5.95. The van der Waals surface area contributed by atoms with Crippen LogP contribution in [0.25, 0.3) is 0 Å². The summed E-state index contributed by atoms with van der Waals surface area (Å²) in [5, 5.41) is 0. The monoisotopic (exact) mass is 375 g/mol. The number of rotatable bonds is 2. The van der Waals surface area contributed by atoms with Crippen molar-refractivity contribution in [1.82, 2.24) is 4.90 Å². The first kappa shape index (κ1) is 17.3. The summed E-state index contributed by atoms with van der Waals surface area (Å²) >= 11 is 0. The van der Waals surface area contributed by atoms with Crippen LogP contribution >= 0.6 is 0 Å². The zero-order valence-electron chi connectivity index (χ0n) is 16.3. The van der Waals surface area contributed by atoms with Crippen LogP contribution in [0.5, 0.6) is 5.75 Å². The highest BCUT2D eigenvalue weighted by atomic mass is 16.5. The minimum atomic E-state index is -0.252. The molecule has 2 atom stereocenters. The number of nitrogens with zero attached hydrogens (tertiary/aromatic N) is 3. The highest BCUT2D eigenvalue weighted by Gasteiger charge is 2.40. The smallest absolute Gasteiger partial charge is 0.257 e. The molecular weight excluding hydrogens is 350 g/mol. The van der Waals surface area contributed by atoms with E-state index in [9.17, 15) is 4.79 Å². The molecule has 5 rings (SSSR count). The zero-order chi connectivity index (χ0) is 19.3. The lowest BCUT2D eigenvalue weighted by Crippen LogP contribution is -2.51. The highest BCUT2D eigenvalue weighted by Crippen LogP contribution is 2.38. The molecule has 0 spiro atoms. The number of carbonyl (C=O) groups excluding carboxylic acids is 1. The molecule has 1 fully saturated rings. The van der Waals surface area contributed by atoms with Gasteiger partial charge in [-0.25, -0.2) is 0 Å². The second-order valence-corrected chi connectivity index (χ2v) is 8.51. The van der Waals surface area contributed by atoms with Crippen molar-refractivity contribution in [3.63, 3.8) is 0 Å². The summed E-state index contributed by atoms with van der Waals surface area (Å²) in [6, 6.07) is 16.7. The molecule has 0 bridgehead atoms. The maximum Gasteiger partial charge on any atom is 0.257 e. The molecule has 1 saturated heterocycles. The van der Waals surface area contributed by atoms with Crippen LogP contribution in [0.4, 0.5) is 5.69 Å². The van der Waals surface area contributed by atoms with Gasteiger partial charge in [0.15, 0.2) is 0 Å². The number of fused-ring (bicyclic) bond motifs is 2. The van der Waals surface area contributed by atoms with Crippen molar-refractivity contribution < 1.29 is 9.53 Å². The zero-order valence-corrected chi connectivity index (χ0v) is 16.3. The number of ether oxygens (including phenoxy) is 1. The molecule has 5 heteroatoms. The van der Waals surface area contributed by atoms with Gasteiger partial charge in [0.25, 0.3) is 5.91 Å². The van der Waals surface area contributed by atoms with Crippen LogP contribution in [-0.2, 0) is 6.42 Å². The topological polar surface area (TPSA) is 45.1 Å². The predicted molar refractivity (Wildman–Crippen MR) is 110 cm³/mol. The largest absolute Gasteiger partial charge is 0.486 e. The van der Waals surface area contributed by atoms with E-state index >= 15 is 0 Å². The molecule has 2 aromatic carbocycles. The Hall–Kier alpha value is -2.82. The summed E-state index contributed by atoms with van der Waals surface area (Å²) in [4.78, 5) is 22.2. The minimum Gasteiger partial charge on any atom is -0.486 e. The standard InChI is InChI=1S/C23H25N3O2/c1-23(2)13-16-7-6-10-18(21(16)28-23)22(27)25-12-11-20-19(14-25)24-15-26(20)17-8-4-3-5-9-17/h3-10,15,19-20H,11-14H2,1-2H3. The third-order valence-corrected chi connectivity index (χ3v) is 5.95. The Labute approximate surface area is 165 Å². The van der Waals surface area contributed by atoms with Gasteiger partial charge in [-0.15, -0.1) is 0 Å². The van der Waals surface area contributed by atoms with E-state index in [0.717, 1.165) is 36.4 Å². The Morgan fingerprint density at radius 2 is 1.96 bits per heavy atom. The van der Waals surface area contributed by atoms with Crippen LogP contribution < -0.4 is 9.64 Å². The molecule has 0 aromatic heterocycles. The number of anilines is 1. The summed E-state index contributed by atoms with van der Waals surface area (Å²) in [6.07, 6.45) is 3.68. The van der Waals surface area contributed by atoms with Crippen LogP contribution in [-0.4, -0.2) is 47.9 Å². The van der Waals surface area contributed by atoms with Crippen molar-refractivity contribution in [1.29, 1.82) is 0 Å². The summed E-state index contributed by atoms with van der Waals surface area (Å²) in [6.45, 7) is 5.52. The number of amides is 1. The summed E-state index contributed by atoms with van der Waals surface area (Å²) in [5.41, 5.74) is 2.72. The van der Waals surface area contributed by atoms with Crippen molar-refractivity contribution in [3.05, 3.63) is 59.7 Å². The van der Waals surface area contributed by atoms with E-state index in [2.05, 4.69) is 36.9 Å². The van der Waals surface area contributed by atoms with E-state index < -0.39 is 0 Å². The molecule has 0 aliphatic carbocycles. The lowest BCUT2D eigenvalue weighted by atomic mass is 9.97. The molecule has 2 unspecified atom stereocenters. The maximum absolute atomic E-state index is 13.3. The van der Waals surface area contributed by atoms with E-state index in [-0.39, 0.29) is 17.6 Å². The predicted octanol–water partition coefficient (Wildman–Crippen LogP) is 3.53. The number of para-hydroxylation sites is 2. The Balaban J connectivity index is 1.34. The number of hydrogen-bond donors (Lipinski definition) is 0. The molecule has 1 amide bonds. The van der Waals surface area contributed by atoms with Gasteiger partial charge in [0.1, 0.15) is 11.4 Å². The number of piperidine rings is 1. The van der Waals surface area contributed by atoms with E-state index in [0.29, 0.717) is 18.2 Å². The summed E-state index contributed by atoms with van der Waals surface area (Å²) in [7, 11) is 0. The van der Waals surface area contributed by atoms with Gasteiger partial charge in [0.05, 0.1) is 24.0 Å². The summed E-state index contributed by atoms with van der Waals surface area (Å²) in [5.74, 6) is 0.821. The van der Waals surface area contributed by atoms with E-state index in [1.165, 1.54) is 0 Å². The van der Waals surface area contributed by atoms with E-state index in [4.69, 9.17) is 9.73 Å². The molecule has 3 heterocycles. The van der Waals surface area contributed by atoms with Gasteiger partial charge in [0, 0.05) is 25.2 Å². The van der Waals surface area contributed by atoms with Crippen molar-refractivity contribution in [3.8, 4) is 5.75 Å². The molecule has 0 N–H and O–H groups in total. The maximum atomic E-state index is 13.3. The number of benzene rings is 2. The first-order chi connectivity index (χ1) is 13.5. The lowest BCUT2D eigenvalue weighted by molar-refractivity contribution is 0.0691. The molecule has 144 valence electrons. The molecule has 3 aliphatic rings. The second-order valence-electron chi connectivity index (χ2n) is 8.51. The lowest BCUT2D eigenvalue weighted by Gasteiger charge is -2.37. The Morgan fingerprint density at radius 1 is 1.14 bits per heavy atom. The number of carbonyl (C=O) groups is 1. The van der Waals surface area contributed by atoms with Crippen LogP contribution in [0.2, 0.25) is 0 Å². The SMILES string of the molecule is CC1(C)Cc2cccc(C(=O)N3CCC4C(C3)N=CN4c3ccccc3)c2O1. The van der Waals surface area contributed by atoms with Crippen LogP contribution in [0.1, 0.15) is 36.2 Å². The quantitative estimate of drug-likeness (QED) is 0.807. The van der Waals surface area contributed by atoms with Gasteiger partial charge in [-0.3, -0.25) is 9.79 Å². The van der Waals surface area contributed by atoms with Crippen LogP contribution in [0, 0.1) is 0 Å². The number of hydrogen-bond acceptors (Lipinski definition) is 4. The third kappa shape index (κ3) is 2.86. The van der Waals surface area contributed by atoms with Crippen molar-refractivity contribution in [2.24, 2.45) is 4.99 Å².